The average molecular weight is 347 g/mol. The maximum Gasteiger partial charge on any atom is 0.286 e. The number of carbonyl (C=O) groups is 1. The van der Waals surface area contributed by atoms with Crippen LogP contribution in [0.4, 0.5) is 5.13 Å². The maximum atomic E-state index is 12.2. The van der Waals surface area contributed by atoms with Gasteiger partial charge in [-0.3, -0.25) is 10.1 Å². The molecular formula is C13H9N5OS3. The van der Waals surface area contributed by atoms with E-state index in [1.807, 2.05) is 24.3 Å². The molecule has 1 amide bonds. The van der Waals surface area contributed by atoms with Gasteiger partial charge in [0.15, 0.2) is 9.35 Å². The first kappa shape index (κ1) is 14.9. The summed E-state index contributed by atoms with van der Waals surface area (Å²) in [5, 5.41) is 19.9. The molecule has 0 saturated carbocycles. The van der Waals surface area contributed by atoms with Crippen LogP contribution in [0.3, 0.4) is 0 Å². The fourth-order valence-electron chi connectivity index (χ4n) is 1.62. The number of nitrogens with zero attached hydrogens (tertiary/aromatic N) is 4. The second-order valence-corrected chi connectivity index (χ2v) is 7.42. The van der Waals surface area contributed by atoms with Crippen molar-refractivity contribution in [2.24, 2.45) is 0 Å². The molecule has 0 aliphatic heterocycles. The van der Waals surface area contributed by atoms with Gasteiger partial charge in [0.2, 0.25) is 5.13 Å². The van der Waals surface area contributed by atoms with Gasteiger partial charge >= 0.3 is 0 Å². The highest BCUT2D eigenvalue weighted by atomic mass is 32.2. The van der Waals surface area contributed by atoms with E-state index in [-0.39, 0.29) is 5.91 Å². The van der Waals surface area contributed by atoms with Gasteiger partial charge in [0.1, 0.15) is 0 Å². The van der Waals surface area contributed by atoms with E-state index in [0.29, 0.717) is 22.3 Å². The molecule has 1 N–H and O–H groups in total. The molecule has 0 bridgehead atoms. The Bertz CT molecular complexity index is 818. The fourth-order valence-corrected chi connectivity index (χ4v) is 4.14. The van der Waals surface area contributed by atoms with Crippen LogP contribution < -0.4 is 5.32 Å². The highest BCUT2D eigenvalue weighted by Gasteiger charge is 2.14. The van der Waals surface area contributed by atoms with E-state index in [1.54, 1.807) is 0 Å². The number of para-hydroxylation sites is 1. The second kappa shape index (κ2) is 6.83. The second-order valence-electron chi connectivity index (χ2n) is 4.07. The van der Waals surface area contributed by atoms with Gasteiger partial charge in [-0.25, -0.2) is 4.98 Å². The van der Waals surface area contributed by atoms with Crippen LogP contribution >= 0.6 is 34.4 Å². The molecule has 2 heterocycles. The van der Waals surface area contributed by atoms with Crippen molar-refractivity contribution in [1.82, 2.24) is 15.2 Å². The number of nitriles is 1. The van der Waals surface area contributed by atoms with Crippen LogP contribution in [0, 0.1) is 11.3 Å². The van der Waals surface area contributed by atoms with Crippen LogP contribution in [-0.4, -0.2) is 26.8 Å². The number of hydrogen-bond acceptors (Lipinski definition) is 8. The van der Waals surface area contributed by atoms with Gasteiger partial charge in [0, 0.05) is 12.2 Å². The van der Waals surface area contributed by atoms with Gasteiger partial charge in [0.25, 0.3) is 5.91 Å². The molecule has 0 fully saturated rings. The summed E-state index contributed by atoms with van der Waals surface area (Å²) in [5.41, 5.74) is 0.808. The summed E-state index contributed by atoms with van der Waals surface area (Å²) >= 11 is 4.08. The molecule has 3 rings (SSSR count). The molecule has 3 aromatic rings. The molecule has 6 nitrogen and oxygen atoms in total. The number of rotatable bonds is 5. The van der Waals surface area contributed by atoms with Crippen molar-refractivity contribution in [2.75, 3.05) is 11.1 Å². The smallest absolute Gasteiger partial charge is 0.286 e. The number of nitrogens with one attached hydrogen (secondary N) is 1. The molecule has 0 spiro atoms. The minimum Gasteiger partial charge on any atom is -0.294 e. The van der Waals surface area contributed by atoms with Crippen LogP contribution in [0.25, 0.3) is 10.2 Å². The molecule has 1 aromatic carbocycles. The minimum atomic E-state index is -0.286. The van der Waals surface area contributed by atoms with Crippen molar-refractivity contribution in [3.05, 3.63) is 29.3 Å². The summed E-state index contributed by atoms with van der Waals surface area (Å²) in [7, 11) is 0. The third kappa shape index (κ3) is 3.41. The lowest BCUT2D eigenvalue weighted by Gasteiger charge is -1.95. The van der Waals surface area contributed by atoms with Crippen molar-refractivity contribution < 1.29 is 4.79 Å². The van der Waals surface area contributed by atoms with Crippen molar-refractivity contribution in [3.63, 3.8) is 0 Å². The zero-order valence-electron chi connectivity index (χ0n) is 11.1. The standard InChI is InChI=1S/C13H9N5OS3/c14-6-3-7-20-13-18-17-12(22-13)16-10(19)11-15-8-4-1-2-5-9(8)21-11/h1-2,4-5H,3,7H2,(H,16,17,19). The molecule has 0 aliphatic rings. The summed E-state index contributed by atoms with van der Waals surface area (Å²) in [5.74, 6) is 0.377. The first-order valence-corrected chi connectivity index (χ1v) is 8.88. The van der Waals surface area contributed by atoms with E-state index in [9.17, 15) is 4.79 Å². The summed E-state index contributed by atoms with van der Waals surface area (Å²) < 4.78 is 1.70. The van der Waals surface area contributed by atoms with Crippen LogP contribution in [0.1, 0.15) is 16.2 Å². The van der Waals surface area contributed by atoms with Gasteiger partial charge in [-0.2, -0.15) is 5.26 Å². The Morgan fingerprint density at radius 1 is 1.32 bits per heavy atom. The van der Waals surface area contributed by atoms with Gasteiger partial charge in [-0.15, -0.1) is 21.5 Å². The lowest BCUT2D eigenvalue weighted by atomic mass is 10.3. The number of amides is 1. The van der Waals surface area contributed by atoms with Crippen LogP contribution in [0.5, 0.6) is 0 Å². The predicted molar refractivity (Wildman–Crippen MR) is 88.4 cm³/mol. The predicted octanol–water partition coefficient (Wildman–Crippen LogP) is 3.41. The van der Waals surface area contributed by atoms with Crippen molar-refractivity contribution in [2.45, 2.75) is 10.8 Å². The monoisotopic (exact) mass is 347 g/mol. The Labute approximate surface area is 138 Å². The highest BCUT2D eigenvalue weighted by molar-refractivity contribution is 8.01. The molecule has 0 aliphatic carbocycles. The van der Waals surface area contributed by atoms with Gasteiger partial charge < -0.3 is 0 Å². The molecule has 2 aromatic heterocycles. The summed E-state index contributed by atoms with van der Waals surface area (Å²) in [6.07, 6.45) is 0.456. The zero-order chi connectivity index (χ0) is 15.4. The fraction of sp³-hybridized carbons (Fsp3) is 0.154. The van der Waals surface area contributed by atoms with Gasteiger partial charge in [0.05, 0.1) is 16.3 Å². The number of hydrogen-bond donors (Lipinski definition) is 1. The van der Waals surface area contributed by atoms with E-state index < -0.39 is 0 Å². The Morgan fingerprint density at radius 2 is 2.18 bits per heavy atom. The van der Waals surface area contributed by atoms with Crippen molar-refractivity contribution >= 4 is 55.7 Å². The number of fused-ring (bicyclic) bond motifs is 1. The van der Waals surface area contributed by atoms with E-state index >= 15 is 0 Å². The largest absolute Gasteiger partial charge is 0.294 e. The molecule has 0 radical (unpaired) electrons. The topological polar surface area (TPSA) is 91.6 Å². The molecule has 9 heteroatoms. The van der Waals surface area contributed by atoms with E-state index in [2.05, 4.69) is 26.6 Å². The molecule has 0 saturated heterocycles. The van der Waals surface area contributed by atoms with Crippen LogP contribution in [-0.2, 0) is 0 Å². The number of thioether (sulfide) groups is 1. The first-order valence-electron chi connectivity index (χ1n) is 6.26. The molecular weight excluding hydrogens is 338 g/mol. The Morgan fingerprint density at radius 3 is 3.00 bits per heavy atom. The van der Waals surface area contributed by atoms with E-state index in [1.165, 1.54) is 34.4 Å². The summed E-state index contributed by atoms with van der Waals surface area (Å²) in [6, 6.07) is 9.67. The maximum absolute atomic E-state index is 12.2. The Hall–Kier alpha value is -2.02. The zero-order valence-corrected chi connectivity index (χ0v) is 13.6. The number of carbonyl (C=O) groups excluding carboxylic acids is 1. The number of benzene rings is 1. The van der Waals surface area contributed by atoms with Gasteiger partial charge in [-0.1, -0.05) is 35.2 Å². The average Bonchev–Trinajstić information content (AvgIpc) is 3.14. The lowest BCUT2D eigenvalue weighted by Crippen LogP contribution is -2.11. The number of aromatic nitrogens is 3. The van der Waals surface area contributed by atoms with Crippen LogP contribution in [0.15, 0.2) is 28.6 Å². The SMILES string of the molecule is N#CCCSc1nnc(NC(=O)c2nc3ccccc3s2)s1. The summed E-state index contributed by atoms with van der Waals surface area (Å²) in [4.78, 5) is 16.5. The first-order chi connectivity index (χ1) is 10.8. The quantitative estimate of drug-likeness (QED) is 0.432. The molecule has 0 unspecified atom stereocenters. The van der Waals surface area contributed by atoms with E-state index in [4.69, 9.17) is 5.26 Å². The number of anilines is 1. The lowest BCUT2D eigenvalue weighted by molar-refractivity contribution is 0.102. The molecule has 22 heavy (non-hydrogen) atoms. The third-order valence-corrected chi connectivity index (χ3v) is 5.56. The summed E-state index contributed by atoms with van der Waals surface area (Å²) in [6.45, 7) is 0. The third-order valence-electron chi connectivity index (χ3n) is 2.55. The van der Waals surface area contributed by atoms with Crippen molar-refractivity contribution in [3.8, 4) is 6.07 Å². The Balaban J connectivity index is 1.67. The van der Waals surface area contributed by atoms with Crippen molar-refractivity contribution in [1.29, 1.82) is 5.26 Å². The molecule has 110 valence electrons. The van der Waals surface area contributed by atoms with Gasteiger partial charge in [-0.05, 0) is 12.1 Å². The highest BCUT2D eigenvalue weighted by Crippen LogP contribution is 2.27. The number of thiazole rings is 1. The minimum absolute atomic E-state index is 0.286. The van der Waals surface area contributed by atoms with E-state index in [0.717, 1.165) is 14.6 Å². The normalized spacial score (nSPS) is 10.5. The molecule has 0 atom stereocenters. The van der Waals surface area contributed by atoms with Crippen LogP contribution in [0.2, 0.25) is 0 Å². The Kier molecular flexibility index (Phi) is 4.62.